The van der Waals surface area contributed by atoms with E-state index in [0.29, 0.717) is 10.0 Å². The van der Waals surface area contributed by atoms with Crippen molar-refractivity contribution < 1.29 is 0 Å². The van der Waals surface area contributed by atoms with E-state index in [2.05, 4.69) is 22.0 Å². The normalized spacial score (nSPS) is 16.2. The summed E-state index contributed by atoms with van der Waals surface area (Å²) in [5, 5.41) is 1.22. The zero-order valence-electron chi connectivity index (χ0n) is 9.96. The molecule has 0 aliphatic carbocycles. The van der Waals surface area contributed by atoms with E-state index >= 15 is 0 Å². The van der Waals surface area contributed by atoms with Crippen LogP contribution in [0.3, 0.4) is 0 Å². The van der Waals surface area contributed by atoms with Gasteiger partial charge < -0.3 is 0 Å². The minimum absolute atomic E-state index is 0.197. The average Bonchev–Trinajstić information content (AvgIpc) is 2.85. The number of aryl methyl sites for hydroxylation is 1. The van der Waals surface area contributed by atoms with Crippen LogP contribution in [-0.2, 0) is 12.2 Å². The number of alkyl halides is 1. The summed E-state index contributed by atoms with van der Waals surface area (Å²) in [5.74, 6) is 2.39. The molecule has 2 aromatic rings. The van der Waals surface area contributed by atoms with Gasteiger partial charge in [-0.3, -0.25) is 0 Å². The van der Waals surface area contributed by atoms with E-state index in [9.17, 15) is 0 Å². The molecule has 3 rings (SSSR count). The molecule has 1 unspecified atom stereocenters. The second-order valence-corrected chi connectivity index (χ2v) is 8.44. The maximum atomic E-state index is 6.09. The summed E-state index contributed by atoms with van der Waals surface area (Å²) in [6, 6.07) is 8.16. The molecule has 0 amide bonds. The van der Waals surface area contributed by atoms with Crippen molar-refractivity contribution in [1.29, 1.82) is 0 Å². The van der Waals surface area contributed by atoms with Crippen LogP contribution >= 0.6 is 62.2 Å². The molecule has 0 radical (unpaired) electrons. The van der Waals surface area contributed by atoms with Gasteiger partial charge in [0.25, 0.3) is 0 Å². The van der Waals surface area contributed by atoms with Gasteiger partial charge in [0, 0.05) is 15.5 Å². The van der Waals surface area contributed by atoms with Gasteiger partial charge >= 0.3 is 0 Å². The maximum absolute atomic E-state index is 6.09. The highest BCUT2D eigenvalue weighted by Gasteiger charge is 2.19. The van der Waals surface area contributed by atoms with Crippen molar-refractivity contribution in [2.75, 3.05) is 5.75 Å². The zero-order chi connectivity index (χ0) is 13.4. The summed E-state index contributed by atoms with van der Waals surface area (Å²) < 4.78 is 0. The Morgan fingerprint density at radius 1 is 1.16 bits per heavy atom. The summed E-state index contributed by atoms with van der Waals surface area (Å²) in [5.41, 5.74) is 2.65. The number of thioether (sulfide) groups is 1. The predicted octanol–water partition coefficient (Wildman–Crippen LogP) is 6.33. The lowest BCUT2D eigenvalue weighted by Crippen LogP contribution is -1.96. The highest BCUT2D eigenvalue weighted by Crippen LogP contribution is 2.41. The Labute approximate surface area is 139 Å². The van der Waals surface area contributed by atoms with Crippen LogP contribution in [0.15, 0.2) is 24.3 Å². The molecule has 1 aromatic heterocycles. The third kappa shape index (κ3) is 3.01. The smallest absolute Gasteiger partial charge is 0.0738 e. The number of hydrogen-bond acceptors (Lipinski definition) is 2. The van der Waals surface area contributed by atoms with Crippen molar-refractivity contribution in [1.82, 2.24) is 0 Å². The molecule has 0 N–H and O–H groups in total. The van der Waals surface area contributed by atoms with Crippen molar-refractivity contribution in [3.05, 3.63) is 55.2 Å². The van der Waals surface area contributed by atoms with E-state index in [-0.39, 0.29) is 4.83 Å². The molecule has 100 valence electrons. The standard InChI is InChI=1S/C14H11BrCl2S2/c15-14(8-1-2-10(16)11(17)5-8)13-6-9-7-18-4-3-12(9)19-13/h1-2,5-6,14H,3-4,7H2. The fraction of sp³-hybridized carbons (Fsp3) is 0.286. The Hall–Kier alpha value is 0.330. The van der Waals surface area contributed by atoms with Gasteiger partial charge in [-0.2, -0.15) is 11.8 Å². The predicted molar refractivity (Wildman–Crippen MR) is 91.4 cm³/mol. The summed E-state index contributed by atoms with van der Waals surface area (Å²) >= 11 is 19.8. The van der Waals surface area contributed by atoms with E-state index in [1.165, 1.54) is 22.6 Å². The van der Waals surface area contributed by atoms with Gasteiger partial charge in [0.05, 0.1) is 14.9 Å². The topological polar surface area (TPSA) is 0 Å². The quantitative estimate of drug-likeness (QED) is 0.537. The first-order chi connectivity index (χ1) is 9.15. The van der Waals surface area contributed by atoms with E-state index in [1.54, 1.807) is 4.88 Å². The fourth-order valence-electron chi connectivity index (χ4n) is 2.13. The molecule has 1 atom stereocenters. The van der Waals surface area contributed by atoms with Crippen LogP contribution in [0.5, 0.6) is 0 Å². The van der Waals surface area contributed by atoms with Crippen LogP contribution in [0.2, 0.25) is 10.0 Å². The molecule has 2 heterocycles. The fourth-order valence-corrected chi connectivity index (χ4v) is 5.52. The van der Waals surface area contributed by atoms with Crippen LogP contribution in [0.4, 0.5) is 0 Å². The van der Waals surface area contributed by atoms with Gasteiger partial charge in [-0.1, -0.05) is 45.2 Å². The second kappa shape index (κ2) is 5.98. The highest BCUT2D eigenvalue weighted by atomic mass is 79.9. The van der Waals surface area contributed by atoms with Gasteiger partial charge in [0.2, 0.25) is 0 Å². The van der Waals surface area contributed by atoms with Crippen molar-refractivity contribution >= 4 is 62.2 Å². The summed E-state index contributed by atoms with van der Waals surface area (Å²) in [4.78, 5) is 3.09. The molecule has 0 nitrogen and oxygen atoms in total. The summed E-state index contributed by atoms with van der Waals surface area (Å²) in [6.07, 6.45) is 1.20. The first kappa shape index (κ1) is 14.3. The molecule has 0 bridgehead atoms. The molecule has 19 heavy (non-hydrogen) atoms. The van der Waals surface area contributed by atoms with Crippen molar-refractivity contribution in [3.8, 4) is 0 Å². The second-order valence-electron chi connectivity index (χ2n) is 4.44. The molecular weight excluding hydrogens is 383 g/mol. The van der Waals surface area contributed by atoms with Crippen LogP contribution in [0, 0.1) is 0 Å². The van der Waals surface area contributed by atoms with E-state index in [1.807, 2.05) is 41.3 Å². The number of halogens is 3. The first-order valence-corrected chi connectivity index (χ1v) is 9.57. The summed E-state index contributed by atoms with van der Waals surface area (Å²) in [7, 11) is 0. The molecule has 1 aliphatic heterocycles. The molecule has 0 spiro atoms. The van der Waals surface area contributed by atoms with Gasteiger partial charge in [0.15, 0.2) is 0 Å². The lowest BCUT2D eigenvalue weighted by Gasteiger charge is -2.09. The molecule has 0 saturated carbocycles. The van der Waals surface area contributed by atoms with Gasteiger partial charge in [-0.25, -0.2) is 0 Å². The lowest BCUT2D eigenvalue weighted by atomic mass is 10.1. The first-order valence-electron chi connectivity index (χ1n) is 5.93. The minimum atomic E-state index is 0.197. The Morgan fingerprint density at radius 3 is 2.74 bits per heavy atom. The number of fused-ring (bicyclic) bond motifs is 1. The Bertz CT molecular complexity index is 586. The molecule has 0 saturated heterocycles. The summed E-state index contributed by atoms with van der Waals surface area (Å²) in [6.45, 7) is 0. The van der Waals surface area contributed by atoms with Crippen LogP contribution < -0.4 is 0 Å². The zero-order valence-corrected chi connectivity index (χ0v) is 14.7. The maximum Gasteiger partial charge on any atom is 0.0738 e. The van der Waals surface area contributed by atoms with E-state index in [4.69, 9.17) is 23.2 Å². The van der Waals surface area contributed by atoms with Gasteiger partial charge in [0.1, 0.15) is 0 Å². The Kier molecular flexibility index (Phi) is 4.50. The number of benzene rings is 1. The number of rotatable bonds is 2. The molecule has 5 heteroatoms. The van der Waals surface area contributed by atoms with Crippen LogP contribution in [0.25, 0.3) is 0 Å². The monoisotopic (exact) mass is 392 g/mol. The third-order valence-electron chi connectivity index (χ3n) is 3.13. The van der Waals surface area contributed by atoms with Crippen molar-refractivity contribution in [2.24, 2.45) is 0 Å². The SMILES string of the molecule is Clc1ccc(C(Br)c2cc3c(s2)CCSC3)cc1Cl. The Balaban J connectivity index is 1.92. The van der Waals surface area contributed by atoms with Crippen LogP contribution in [-0.4, -0.2) is 5.75 Å². The van der Waals surface area contributed by atoms with Crippen LogP contribution in [0.1, 0.15) is 25.7 Å². The molecule has 1 aliphatic rings. The molecular formula is C14H11BrCl2S2. The Morgan fingerprint density at radius 2 is 2.00 bits per heavy atom. The molecule has 1 aromatic carbocycles. The average molecular weight is 394 g/mol. The van der Waals surface area contributed by atoms with Gasteiger partial charge in [-0.15, -0.1) is 11.3 Å². The lowest BCUT2D eigenvalue weighted by molar-refractivity contribution is 1.13. The molecule has 0 fully saturated rings. The van der Waals surface area contributed by atoms with Crippen molar-refractivity contribution in [2.45, 2.75) is 17.0 Å². The number of hydrogen-bond donors (Lipinski definition) is 0. The van der Waals surface area contributed by atoms with Crippen molar-refractivity contribution in [3.63, 3.8) is 0 Å². The largest absolute Gasteiger partial charge is 0.157 e. The third-order valence-corrected chi connectivity index (χ3v) is 7.51. The highest BCUT2D eigenvalue weighted by molar-refractivity contribution is 9.09. The van der Waals surface area contributed by atoms with E-state index in [0.717, 1.165) is 11.3 Å². The van der Waals surface area contributed by atoms with Gasteiger partial charge in [-0.05, 0) is 41.5 Å². The minimum Gasteiger partial charge on any atom is -0.157 e. The number of thiophene rings is 1. The van der Waals surface area contributed by atoms with E-state index < -0.39 is 0 Å².